The SMILES string of the molecule is CC#CCN1CCCC1c1cc(-c2ccc(C(=O)Nc3cc(C#N)ccn3)cc2Cl)n2cnccc12. The highest BCUT2D eigenvalue weighted by Gasteiger charge is 2.29. The van der Waals surface area contributed by atoms with Crippen molar-refractivity contribution in [1.82, 2.24) is 19.3 Å². The Morgan fingerprint density at radius 1 is 1.22 bits per heavy atom. The van der Waals surface area contributed by atoms with Gasteiger partial charge in [0.1, 0.15) is 5.82 Å². The quantitative estimate of drug-likeness (QED) is 0.379. The average molecular weight is 495 g/mol. The molecule has 1 atom stereocenters. The van der Waals surface area contributed by atoms with Gasteiger partial charge in [-0.2, -0.15) is 5.26 Å². The molecule has 0 radical (unpaired) electrons. The van der Waals surface area contributed by atoms with Crippen LogP contribution in [0, 0.1) is 23.2 Å². The molecule has 0 bridgehead atoms. The van der Waals surface area contributed by atoms with Crippen molar-refractivity contribution >= 4 is 28.8 Å². The number of hydrogen-bond acceptors (Lipinski definition) is 5. The second-order valence-corrected chi connectivity index (χ2v) is 8.97. The zero-order chi connectivity index (χ0) is 25.1. The highest BCUT2D eigenvalue weighted by atomic mass is 35.5. The van der Waals surface area contributed by atoms with E-state index in [9.17, 15) is 4.79 Å². The molecule has 1 aromatic carbocycles. The number of nitrogens with zero attached hydrogens (tertiary/aromatic N) is 5. The number of hydrogen-bond donors (Lipinski definition) is 1. The highest BCUT2D eigenvalue weighted by Crippen LogP contribution is 2.39. The molecular formula is C28H23ClN6O. The Hall–Kier alpha value is -4.17. The molecule has 1 amide bonds. The van der Waals surface area contributed by atoms with Gasteiger partial charge in [0.25, 0.3) is 5.91 Å². The lowest BCUT2D eigenvalue weighted by molar-refractivity contribution is 0.102. The molecule has 36 heavy (non-hydrogen) atoms. The molecule has 1 fully saturated rings. The van der Waals surface area contributed by atoms with Crippen molar-refractivity contribution in [3.05, 3.63) is 82.9 Å². The van der Waals surface area contributed by atoms with Gasteiger partial charge in [0.15, 0.2) is 0 Å². The number of carbonyl (C=O) groups excluding carboxylic acids is 1. The molecule has 0 spiro atoms. The van der Waals surface area contributed by atoms with E-state index in [1.54, 1.807) is 30.7 Å². The standard InChI is InChI=1S/C28H23ClN6O/c1-2-3-12-34-13-4-5-24(34)22-16-26(35-18-31-10-9-25(22)35)21-7-6-20(15-23(21)29)28(36)33-27-14-19(17-30)8-11-32-27/h6-11,14-16,18,24H,4-5,12-13H2,1H3,(H,32,33,36). The van der Waals surface area contributed by atoms with Crippen LogP contribution in [0.5, 0.6) is 0 Å². The molecular weight excluding hydrogens is 472 g/mol. The molecule has 1 aliphatic rings. The molecule has 3 aromatic heterocycles. The van der Waals surface area contributed by atoms with Gasteiger partial charge in [-0.15, -0.1) is 5.92 Å². The maximum atomic E-state index is 12.8. The summed E-state index contributed by atoms with van der Waals surface area (Å²) in [5, 5.41) is 12.2. The summed E-state index contributed by atoms with van der Waals surface area (Å²) < 4.78 is 2.05. The lowest BCUT2D eigenvalue weighted by Crippen LogP contribution is -2.23. The first-order valence-corrected chi connectivity index (χ1v) is 12.0. The lowest BCUT2D eigenvalue weighted by atomic mass is 10.0. The zero-order valence-corrected chi connectivity index (χ0v) is 20.5. The minimum absolute atomic E-state index is 0.275. The number of aromatic nitrogens is 3. The Kier molecular flexibility index (Phi) is 6.69. The number of fused-ring (bicyclic) bond motifs is 1. The monoisotopic (exact) mass is 494 g/mol. The number of rotatable bonds is 5. The Morgan fingerprint density at radius 3 is 2.92 bits per heavy atom. The number of anilines is 1. The van der Waals surface area contributed by atoms with Crippen molar-refractivity contribution < 1.29 is 4.79 Å². The third-order valence-electron chi connectivity index (χ3n) is 6.43. The van der Waals surface area contributed by atoms with Gasteiger partial charge in [0.05, 0.1) is 40.7 Å². The summed E-state index contributed by atoms with van der Waals surface area (Å²) in [6.45, 7) is 3.64. The molecule has 1 N–H and O–H groups in total. The van der Waals surface area contributed by atoms with Crippen molar-refractivity contribution in [3.8, 4) is 29.2 Å². The number of nitrogens with one attached hydrogen (secondary N) is 1. The maximum Gasteiger partial charge on any atom is 0.256 e. The molecule has 1 saturated heterocycles. The van der Waals surface area contributed by atoms with Crippen LogP contribution in [0.3, 0.4) is 0 Å². The van der Waals surface area contributed by atoms with Crippen molar-refractivity contribution in [3.63, 3.8) is 0 Å². The minimum atomic E-state index is -0.355. The smallest absolute Gasteiger partial charge is 0.256 e. The number of benzene rings is 1. The molecule has 1 aliphatic heterocycles. The molecule has 5 rings (SSSR count). The number of amides is 1. The predicted molar refractivity (Wildman–Crippen MR) is 140 cm³/mol. The van der Waals surface area contributed by atoms with E-state index in [4.69, 9.17) is 16.9 Å². The first kappa shape index (κ1) is 23.6. The van der Waals surface area contributed by atoms with Crippen LogP contribution in [0.25, 0.3) is 16.8 Å². The molecule has 7 nitrogen and oxygen atoms in total. The van der Waals surface area contributed by atoms with Crippen LogP contribution in [-0.2, 0) is 0 Å². The largest absolute Gasteiger partial charge is 0.307 e. The number of pyridine rings is 1. The molecule has 0 aliphatic carbocycles. The van der Waals surface area contributed by atoms with Crippen LogP contribution in [0.4, 0.5) is 5.82 Å². The Labute approximate surface area is 214 Å². The first-order valence-electron chi connectivity index (χ1n) is 11.6. The van der Waals surface area contributed by atoms with Gasteiger partial charge in [-0.05, 0) is 68.3 Å². The summed E-state index contributed by atoms with van der Waals surface area (Å²) in [6.07, 6.45) is 7.28. The van der Waals surface area contributed by atoms with E-state index in [0.29, 0.717) is 22.0 Å². The van der Waals surface area contributed by atoms with Crippen LogP contribution < -0.4 is 5.32 Å². The van der Waals surface area contributed by atoms with Gasteiger partial charge < -0.3 is 9.72 Å². The van der Waals surface area contributed by atoms with E-state index in [2.05, 4.69) is 42.5 Å². The van der Waals surface area contributed by atoms with Gasteiger partial charge in [-0.1, -0.05) is 23.6 Å². The summed E-state index contributed by atoms with van der Waals surface area (Å²) >= 11 is 6.72. The Balaban J connectivity index is 1.48. The Morgan fingerprint density at radius 2 is 2.11 bits per heavy atom. The van der Waals surface area contributed by atoms with E-state index in [1.807, 2.05) is 25.1 Å². The van der Waals surface area contributed by atoms with Crippen molar-refractivity contribution in [2.45, 2.75) is 25.8 Å². The summed E-state index contributed by atoms with van der Waals surface area (Å²) in [4.78, 5) is 23.7. The Bertz CT molecular complexity index is 1560. The second kappa shape index (κ2) is 10.2. The van der Waals surface area contributed by atoms with Crippen LogP contribution in [0.2, 0.25) is 5.02 Å². The first-order chi connectivity index (χ1) is 17.6. The van der Waals surface area contributed by atoms with Crippen molar-refractivity contribution in [2.24, 2.45) is 0 Å². The van der Waals surface area contributed by atoms with Crippen LogP contribution in [0.15, 0.2) is 61.2 Å². The number of nitriles is 1. The van der Waals surface area contributed by atoms with Crippen LogP contribution >= 0.6 is 11.6 Å². The number of carbonyl (C=O) groups is 1. The van der Waals surface area contributed by atoms with E-state index in [0.717, 1.165) is 42.7 Å². The average Bonchev–Trinajstić information content (AvgIpc) is 3.52. The third-order valence-corrected chi connectivity index (χ3v) is 6.74. The van der Waals surface area contributed by atoms with Crippen LogP contribution in [0.1, 0.15) is 47.3 Å². The fourth-order valence-electron chi connectivity index (χ4n) is 4.72. The fourth-order valence-corrected chi connectivity index (χ4v) is 5.00. The molecule has 1 unspecified atom stereocenters. The van der Waals surface area contributed by atoms with E-state index >= 15 is 0 Å². The van der Waals surface area contributed by atoms with Gasteiger partial charge in [0.2, 0.25) is 0 Å². The summed E-state index contributed by atoms with van der Waals surface area (Å²) in [5.74, 6) is 6.16. The number of halogens is 1. The molecule has 4 aromatic rings. The molecule has 0 saturated carbocycles. The maximum absolute atomic E-state index is 12.8. The summed E-state index contributed by atoms with van der Waals surface area (Å²) in [6, 6.07) is 14.8. The van der Waals surface area contributed by atoms with Gasteiger partial charge >= 0.3 is 0 Å². The number of likely N-dealkylation sites (tertiary alicyclic amines) is 1. The highest BCUT2D eigenvalue weighted by molar-refractivity contribution is 6.33. The van der Waals surface area contributed by atoms with Gasteiger partial charge in [-0.25, -0.2) is 9.97 Å². The zero-order valence-electron chi connectivity index (χ0n) is 19.7. The van der Waals surface area contributed by atoms with E-state index in [1.165, 1.54) is 17.8 Å². The van der Waals surface area contributed by atoms with Crippen LogP contribution in [-0.4, -0.2) is 38.3 Å². The lowest BCUT2D eigenvalue weighted by Gasteiger charge is -2.21. The fraction of sp³-hybridized carbons (Fsp3) is 0.214. The normalized spacial score (nSPS) is 15.3. The molecule has 4 heterocycles. The minimum Gasteiger partial charge on any atom is -0.307 e. The van der Waals surface area contributed by atoms with Gasteiger partial charge in [-0.3, -0.25) is 9.69 Å². The topological polar surface area (TPSA) is 86.3 Å². The van der Waals surface area contributed by atoms with Crippen molar-refractivity contribution in [1.29, 1.82) is 5.26 Å². The summed E-state index contributed by atoms with van der Waals surface area (Å²) in [7, 11) is 0. The van der Waals surface area contributed by atoms with Crippen molar-refractivity contribution in [2.75, 3.05) is 18.4 Å². The van der Waals surface area contributed by atoms with Gasteiger partial charge in [0, 0.05) is 29.6 Å². The summed E-state index contributed by atoms with van der Waals surface area (Å²) in [5.41, 5.74) is 4.85. The second-order valence-electron chi connectivity index (χ2n) is 8.57. The predicted octanol–water partition coefficient (Wildman–Crippen LogP) is 5.33. The third kappa shape index (κ3) is 4.55. The molecule has 8 heteroatoms. The van der Waals surface area contributed by atoms with E-state index in [-0.39, 0.29) is 11.9 Å². The molecule has 178 valence electrons. The van der Waals surface area contributed by atoms with E-state index < -0.39 is 0 Å².